The van der Waals surface area contributed by atoms with E-state index in [1.54, 1.807) is 25.4 Å². The number of nitrogens with one attached hydrogen (secondary N) is 1. The molecule has 19 heavy (non-hydrogen) atoms. The molecule has 2 rings (SSSR count). The summed E-state index contributed by atoms with van der Waals surface area (Å²) in [4.78, 5) is 32.1. The normalized spacial score (nSPS) is 10.6. The Morgan fingerprint density at radius 2 is 2.32 bits per heavy atom. The first kappa shape index (κ1) is 13.2. The largest absolute Gasteiger partial charge is 0.383 e. The minimum Gasteiger partial charge on any atom is -0.383 e. The number of amides is 1. The first-order chi connectivity index (χ1) is 9.19. The summed E-state index contributed by atoms with van der Waals surface area (Å²) >= 11 is 0. The van der Waals surface area contributed by atoms with Crippen LogP contribution in [0.3, 0.4) is 0 Å². The van der Waals surface area contributed by atoms with Crippen LogP contribution in [0.25, 0.3) is 11.2 Å². The average Bonchev–Trinajstić information content (AvgIpc) is 2.45. The van der Waals surface area contributed by atoms with Crippen molar-refractivity contribution >= 4 is 17.1 Å². The lowest BCUT2D eigenvalue weighted by molar-refractivity contribution is 0.0956. The number of pyridine rings is 1. The lowest BCUT2D eigenvalue weighted by atomic mass is 10.3. The summed E-state index contributed by atoms with van der Waals surface area (Å²) in [6, 6.07) is 3.41. The third-order valence-corrected chi connectivity index (χ3v) is 2.66. The van der Waals surface area contributed by atoms with Gasteiger partial charge in [-0.25, -0.2) is 9.97 Å². The Bertz CT molecular complexity index is 666. The molecule has 7 heteroatoms. The molecule has 2 heterocycles. The summed E-state index contributed by atoms with van der Waals surface area (Å²) in [6.45, 7) is 0.665. The molecule has 0 saturated carbocycles. The van der Waals surface area contributed by atoms with Gasteiger partial charge in [0.05, 0.1) is 13.2 Å². The number of fused-ring (bicyclic) bond motifs is 1. The number of aromatic nitrogens is 3. The lowest BCUT2D eigenvalue weighted by Crippen LogP contribution is -2.34. The number of hydrogen-bond acceptors (Lipinski definition) is 5. The molecule has 0 saturated heterocycles. The van der Waals surface area contributed by atoms with Gasteiger partial charge in [-0.05, 0) is 12.1 Å². The zero-order valence-electron chi connectivity index (χ0n) is 10.7. The number of ether oxygens (including phenoxy) is 1. The highest BCUT2D eigenvalue weighted by Crippen LogP contribution is 2.06. The van der Waals surface area contributed by atoms with E-state index in [-0.39, 0.29) is 5.69 Å². The van der Waals surface area contributed by atoms with Gasteiger partial charge in [0.15, 0.2) is 11.3 Å². The van der Waals surface area contributed by atoms with E-state index in [0.29, 0.717) is 24.3 Å². The van der Waals surface area contributed by atoms with Crippen molar-refractivity contribution in [3.8, 4) is 0 Å². The summed E-state index contributed by atoms with van der Waals surface area (Å²) in [5.74, 6) is -0.512. The van der Waals surface area contributed by atoms with Gasteiger partial charge < -0.3 is 10.1 Å². The summed E-state index contributed by atoms with van der Waals surface area (Å²) in [7, 11) is 3.00. The zero-order valence-corrected chi connectivity index (χ0v) is 10.7. The monoisotopic (exact) mass is 262 g/mol. The number of rotatable bonds is 4. The molecule has 0 radical (unpaired) electrons. The summed E-state index contributed by atoms with van der Waals surface area (Å²) in [5.41, 5.74) is 0.329. The van der Waals surface area contributed by atoms with E-state index in [1.165, 1.54) is 11.6 Å². The molecule has 0 atom stereocenters. The molecule has 2 aromatic rings. The van der Waals surface area contributed by atoms with Gasteiger partial charge in [-0.1, -0.05) is 0 Å². The lowest BCUT2D eigenvalue weighted by Gasteiger charge is -2.10. The number of methoxy groups -OCH3 is 1. The van der Waals surface area contributed by atoms with Crippen molar-refractivity contribution in [2.45, 2.75) is 6.54 Å². The van der Waals surface area contributed by atoms with E-state index >= 15 is 0 Å². The van der Waals surface area contributed by atoms with Crippen LogP contribution in [0.5, 0.6) is 0 Å². The van der Waals surface area contributed by atoms with Gasteiger partial charge in [-0.2, -0.15) is 0 Å². The van der Waals surface area contributed by atoms with E-state index < -0.39 is 11.5 Å². The van der Waals surface area contributed by atoms with Crippen molar-refractivity contribution in [1.29, 1.82) is 0 Å². The van der Waals surface area contributed by atoms with Crippen molar-refractivity contribution in [1.82, 2.24) is 19.9 Å². The minimum absolute atomic E-state index is 0.140. The van der Waals surface area contributed by atoms with Crippen LogP contribution < -0.4 is 10.9 Å². The number of hydrogen-bond donors (Lipinski definition) is 1. The second-order valence-corrected chi connectivity index (χ2v) is 3.84. The van der Waals surface area contributed by atoms with Crippen LogP contribution in [-0.4, -0.2) is 41.2 Å². The maximum Gasteiger partial charge on any atom is 0.283 e. The maximum atomic E-state index is 12.2. The molecule has 0 aliphatic carbocycles. The predicted molar refractivity (Wildman–Crippen MR) is 69.1 cm³/mol. The van der Waals surface area contributed by atoms with Gasteiger partial charge in [0.2, 0.25) is 0 Å². The minimum atomic E-state index is -0.512. The Labute approximate surface area is 109 Å². The fraction of sp³-hybridized carbons (Fsp3) is 0.333. The Hall–Kier alpha value is -2.28. The Morgan fingerprint density at radius 3 is 3.00 bits per heavy atom. The molecule has 1 amide bonds. The Morgan fingerprint density at radius 1 is 1.53 bits per heavy atom. The van der Waals surface area contributed by atoms with Crippen LogP contribution in [-0.2, 0) is 11.3 Å². The number of nitrogens with zero attached hydrogens (tertiary/aromatic N) is 3. The fourth-order valence-corrected chi connectivity index (χ4v) is 1.73. The van der Waals surface area contributed by atoms with E-state index in [1.807, 2.05) is 0 Å². The molecule has 0 bridgehead atoms. The highest BCUT2D eigenvalue weighted by molar-refractivity contribution is 5.93. The Balaban J connectivity index is 2.70. The van der Waals surface area contributed by atoms with Crippen LogP contribution in [0.15, 0.2) is 23.1 Å². The molecular weight excluding hydrogens is 248 g/mol. The summed E-state index contributed by atoms with van der Waals surface area (Å²) < 4.78 is 6.37. The second-order valence-electron chi connectivity index (χ2n) is 3.84. The molecule has 1 N–H and O–H groups in total. The van der Waals surface area contributed by atoms with Crippen molar-refractivity contribution < 1.29 is 9.53 Å². The van der Waals surface area contributed by atoms with E-state index in [9.17, 15) is 9.59 Å². The number of carbonyl (C=O) groups is 1. The van der Waals surface area contributed by atoms with Crippen LogP contribution in [0.2, 0.25) is 0 Å². The highest BCUT2D eigenvalue weighted by atomic mass is 16.5. The highest BCUT2D eigenvalue weighted by Gasteiger charge is 2.16. The van der Waals surface area contributed by atoms with E-state index in [2.05, 4.69) is 15.3 Å². The van der Waals surface area contributed by atoms with Gasteiger partial charge in [0.1, 0.15) is 5.52 Å². The molecule has 100 valence electrons. The SMILES string of the molecule is CNC(=O)c1nc2cccnc2n(CCOC)c1=O. The summed E-state index contributed by atoms with van der Waals surface area (Å²) in [5, 5.41) is 2.40. The third-order valence-electron chi connectivity index (χ3n) is 2.66. The van der Waals surface area contributed by atoms with Gasteiger partial charge in [-0.15, -0.1) is 0 Å². The standard InChI is InChI=1S/C12H14N4O3/c1-13-11(17)9-12(18)16(6-7-19-2)10-8(15-9)4-3-5-14-10/h3-5H,6-7H2,1-2H3,(H,13,17). The quantitative estimate of drug-likeness (QED) is 0.824. The molecule has 0 unspecified atom stereocenters. The molecule has 0 aliphatic heterocycles. The van der Waals surface area contributed by atoms with Crippen molar-refractivity contribution in [3.05, 3.63) is 34.4 Å². The Kier molecular flexibility index (Phi) is 3.86. The molecule has 7 nitrogen and oxygen atoms in total. The van der Waals surface area contributed by atoms with Crippen LogP contribution in [0, 0.1) is 0 Å². The topological polar surface area (TPSA) is 86.1 Å². The molecule has 0 fully saturated rings. The first-order valence-electron chi connectivity index (χ1n) is 5.75. The smallest absolute Gasteiger partial charge is 0.283 e. The maximum absolute atomic E-state index is 12.2. The molecule has 2 aromatic heterocycles. The van der Waals surface area contributed by atoms with Crippen molar-refractivity contribution in [2.75, 3.05) is 20.8 Å². The molecule has 0 aromatic carbocycles. The predicted octanol–water partition coefficient (Wildman–Crippen LogP) is -0.202. The van der Waals surface area contributed by atoms with Gasteiger partial charge in [0.25, 0.3) is 11.5 Å². The van der Waals surface area contributed by atoms with Gasteiger partial charge in [0, 0.05) is 20.4 Å². The van der Waals surface area contributed by atoms with Crippen LogP contribution in [0.4, 0.5) is 0 Å². The van der Waals surface area contributed by atoms with Gasteiger partial charge in [-0.3, -0.25) is 14.2 Å². The van der Waals surface area contributed by atoms with Gasteiger partial charge >= 0.3 is 0 Å². The number of carbonyl (C=O) groups excluding carboxylic acids is 1. The van der Waals surface area contributed by atoms with Crippen molar-refractivity contribution in [2.24, 2.45) is 0 Å². The van der Waals surface area contributed by atoms with E-state index in [4.69, 9.17) is 4.74 Å². The second kappa shape index (κ2) is 5.57. The zero-order chi connectivity index (χ0) is 13.8. The van der Waals surface area contributed by atoms with Crippen molar-refractivity contribution in [3.63, 3.8) is 0 Å². The third kappa shape index (κ3) is 2.45. The fourth-order valence-electron chi connectivity index (χ4n) is 1.73. The summed E-state index contributed by atoms with van der Waals surface area (Å²) in [6.07, 6.45) is 1.58. The molecule has 0 spiro atoms. The molecular formula is C12H14N4O3. The van der Waals surface area contributed by atoms with Crippen LogP contribution in [0.1, 0.15) is 10.5 Å². The average molecular weight is 262 g/mol. The van der Waals surface area contributed by atoms with Crippen LogP contribution >= 0.6 is 0 Å². The van der Waals surface area contributed by atoms with E-state index in [0.717, 1.165) is 0 Å². The first-order valence-corrected chi connectivity index (χ1v) is 5.75. The molecule has 0 aliphatic rings.